The third kappa shape index (κ3) is 1.99. The summed E-state index contributed by atoms with van der Waals surface area (Å²) in [6.45, 7) is 3.95. The Balaban J connectivity index is 2.49. The van der Waals surface area contributed by atoms with Crippen molar-refractivity contribution in [1.82, 2.24) is 19.7 Å². The molecule has 94 valence electrons. The van der Waals surface area contributed by atoms with Gasteiger partial charge in [0, 0.05) is 12.1 Å². The first-order valence-corrected chi connectivity index (χ1v) is 5.31. The van der Waals surface area contributed by atoms with Crippen molar-refractivity contribution in [2.24, 2.45) is 0 Å². The minimum Gasteiger partial charge on any atom is -0.378 e. The molecule has 2 heterocycles. The SMILES string of the molecule is CC(C)n1cnnc1-c1ccc([N+](=O)[O-])c(N)n1. The average Bonchev–Trinajstić information content (AvgIpc) is 2.77. The molecular formula is C10H12N6O2. The number of rotatable bonds is 3. The van der Waals surface area contributed by atoms with Crippen LogP contribution in [0.4, 0.5) is 11.5 Å². The Morgan fingerprint density at radius 1 is 1.44 bits per heavy atom. The number of nitrogens with two attached hydrogens (primary N) is 1. The zero-order valence-corrected chi connectivity index (χ0v) is 9.94. The summed E-state index contributed by atoms with van der Waals surface area (Å²) in [5.74, 6) is 0.405. The van der Waals surface area contributed by atoms with Crippen LogP contribution in [0.1, 0.15) is 19.9 Å². The van der Waals surface area contributed by atoms with Gasteiger partial charge in [-0.05, 0) is 19.9 Å². The van der Waals surface area contributed by atoms with Crippen LogP contribution in [0.2, 0.25) is 0 Å². The fraction of sp³-hybridized carbons (Fsp3) is 0.300. The van der Waals surface area contributed by atoms with E-state index in [0.29, 0.717) is 11.5 Å². The van der Waals surface area contributed by atoms with Crippen LogP contribution in [-0.4, -0.2) is 24.7 Å². The maximum absolute atomic E-state index is 10.6. The van der Waals surface area contributed by atoms with Gasteiger partial charge in [0.25, 0.3) is 0 Å². The Morgan fingerprint density at radius 3 is 2.72 bits per heavy atom. The predicted octanol–water partition coefficient (Wildman–Crippen LogP) is 1.41. The second-order valence-corrected chi connectivity index (χ2v) is 4.01. The van der Waals surface area contributed by atoms with E-state index >= 15 is 0 Å². The fourth-order valence-electron chi connectivity index (χ4n) is 1.55. The molecule has 2 aromatic rings. The molecule has 0 radical (unpaired) electrons. The molecule has 0 atom stereocenters. The lowest BCUT2D eigenvalue weighted by molar-refractivity contribution is -0.384. The summed E-state index contributed by atoms with van der Waals surface area (Å²) >= 11 is 0. The molecule has 8 nitrogen and oxygen atoms in total. The van der Waals surface area contributed by atoms with E-state index in [1.54, 1.807) is 6.33 Å². The van der Waals surface area contributed by atoms with Gasteiger partial charge in [-0.2, -0.15) is 0 Å². The summed E-state index contributed by atoms with van der Waals surface area (Å²) in [5, 5.41) is 18.4. The lowest BCUT2D eigenvalue weighted by Gasteiger charge is -2.09. The van der Waals surface area contributed by atoms with Crippen molar-refractivity contribution in [1.29, 1.82) is 0 Å². The van der Waals surface area contributed by atoms with E-state index in [9.17, 15) is 10.1 Å². The van der Waals surface area contributed by atoms with Gasteiger partial charge in [0.2, 0.25) is 5.82 Å². The first-order chi connectivity index (χ1) is 8.50. The molecule has 2 rings (SSSR count). The second-order valence-electron chi connectivity index (χ2n) is 4.01. The highest BCUT2D eigenvalue weighted by Crippen LogP contribution is 2.24. The third-order valence-corrected chi connectivity index (χ3v) is 2.46. The van der Waals surface area contributed by atoms with Crippen LogP contribution in [0.5, 0.6) is 0 Å². The lowest BCUT2D eigenvalue weighted by atomic mass is 10.3. The van der Waals surface area contributed by atoms with Crippen LogP contribution < -0.4 is 5.73 Å². The largest absolute Gasteiger partial charge is 0.378 e. The van der Waals surface area contributed by atoms with Crippen LogP contribution in [0.15, 0.2) is 18.5 Å². The van der Waals surface area contributed by atoms with E-state index in [-0.39, 0.29) is 17.5 Å². The first-order valence-electron chi connectivity index (χ1n) is 5.31. The Labute approximate surface area is 103 Å². The predicted molar refractivity (Wildman–Crippen MR) is 64.7 cm³/mol. The number of nitro groups is 1. The van der Waals surface area contributed by atoms with Gasteiger partial charge in [-0.1, -0.05) is 0 Å². The van der Waals surface area contributed by atoms with Crippen molar-refractivity contribution in [2.45, 2.75) is 19.9 Å². The molecular weight excluding hydrogens is 236 g/mol. The van der Waals surface area contributed by atoms with Crippen molar-refractivity contribution in [3.05, 3.63) is 28.6 Å². The number of hydrogen-bond donors (Lipinski definition) is 1. The van der Waals surface area contributed by atoms with E-state index in [0.717, 1.165) is 0 Å². The molecule has 0 fully saturated rings. The van der Waals surface area contributed by atoms with Gasteiger partial charge in [0.1, 0.15) is 12.0 Å². The van der Waals surface area contributed by atoms with Crippen molar-refractivity contribution in [2.75, 3.05) is 5.73 Å². The standard InChI is InChI=1S/C10H12N6O2/c1-6(2)15-5-12-14-10(15)7-3-4-8(16(17)18)9(11)13-7/h3-6H,1-2H3,(H2,11,13). The van der Waals surface area contributed by atoms with E-state index < -0.39 is 4.92 Å². The topological polar surface area (TPSA) is 113 Å². The van der Waals surface area contributed by atoms with Crippen molar-refractivity contribution in [3.8, 4) is 11.5 Å². The Hall–Kier alpha value is -2.51. The van der Waals surface area contributed by atoms with Crippen LogP contribution in [0.25, 0.3) is 11.5 Å². The molecule has 0 amide bonds. The summed E-state index contributed by atoms with van der Waals surface area (Å²) < 4.78 is 1.81. The number of aromatic nitrogens is 4. The van der Waals surface area contributed by atoms with Gasteiger partial charge in [0.05, 0.1) is 4.92 Å². The highest BCUT2D eigenvalue weighted by molar-refractivity contribution is 5.60. The second kappa shape index (κ2) is 4.40. The van der Waals surface area contributed by atoms with Gasteiger partial charge in [0.15, 0.2) is 5.82 Å². The van der Waals surface area contributed by atoms with Gasteiger partial charge in [-0.3, -0.25) is 10.1 Å². The van der Waals surface area contributed by atoms with Crippen LogP contribution in [0.3, 0.4) is 0 Å². The Kier molecular flexibility index (Phi) is 2.92. The molecule has 0 aliphatic rings. The van der Waals surface area contributed by atoms with Gasteiger partial charge >= 0.3 is 5.69 Å². The normalized spacial score (nSPS) is 10.8. The zero-order valence-electron chi connectivity index (χ0n) is 9.94. The third-order valence-electron chi connectivity index (χ3n) is 2.46. The van der Waals surface area contributed by atoms with Gasteiger partial charge < -0.3 is 10.3 Å². The molecule has 18 heavy (non-hydrogen) atoms. The average molecular weight is 248 g/mol. The highest BCUT2D eigenvalue weighted by Gasteiger charge is 2.17. The number of nitrogens with zero attached hydrogens (tertiary/aromatic N) is 5. The molecule has 0 aliphatic carbocycles. The Morgan fingerprint density at radius 2 is 2.17 bits per heavy atom. The van der Waals surface area contributed by atoms with Crippen molar-refractivity contribution >= 4 is 11.5 Å². The monoisotopic (exact) mass is 248 g/mol. The minimum absolute atomic E-state index is 0.129. The van der Waals surface area contributed by atoms with Gasteiger partial charge in [-0.15, -0.1) is 10.2 Å². The summed E-state index contributed by atoms with van der Waals surface area (Å²) in [7, 11) is 0. The molecule has 8 heteroatoms. The van der Waals surface area contributed by atoms with E-state index in [1.807, 2.05) is 18.4 Å². The summed E-state index contributed by atoms with van der Waals surface area (Å²) in [6.07, 6.45) is 1.58. The molecule has 2 N–H and O–H groups in total. The molecule has 0 bridgehead atoms. The number of hydrogen-bond acceptors (Lipinski definition) is 6. The number of pyridine rings is 1. The van der Waals surface area contributed by atoms with Crippen LogP contribution in [0, 0.1) is 10.1 Å². The molecule has 0 spiro atoms. The quantitative estimate of drug-likeness (QED) is 0.649. The summed E-state index contributed by atoms with van der Waals surface area (Å²) in [5.41, 5.74) is 5.79. The van der Waals surface area contributed by atoms with E-state index in [1.165, 1.54) is 12.1 Å². The van der Waals surface area contributed by atoms with Crippen LogP contribution >= 0.6 is 0 Å². The van der Waals surface area contributed by atoms with E-state index in [2.05, 4.69) is 15.2 Å². The molecule has 0 aliphatic heterocycles. The maximum atomic E-state index is 10.6. The smallest absolute Gasteiger partial charge is 0.311 e. The van der Waals surface area contributed by atoms with Crippen molar-refractivity contribution < 1.29 is 4.92 Å². The number of anilines is 1. The zero-order chi connectivity index (χ0) is 13.3. The fourth-order valence-corrected chi connectivity index (χ4v) is 1.55. The minimum atomic E-state index is -0.570. The molecule has 0 saturated carbocycles. The highest BCUT2D eigenvalue weighted by atomic mass is 16.6. The van der Waals surface area contributed by atoms with Crippen molar-refractivity contribution in [3.63, 3.8) is 0 Å². The maximum Gasteiger partial charge on any atom is 0.311 e. The summed E-state index contributed by atoms with van der Waals surface area (Å²) in [6, 6.07) is 2.99. The molecule has 0 unspecified atom stereocenters. The van der Waals surface area contributed by atoms with Gasteiger partial charge in [-0.25, -0.2) is 4.98 Å². The van der Waals surface area contributed by atoms with E-state index in [4.69, 9.17) is 5.73 Å². The first kappa shape index (κ1) is 12.0. The molecule has 0 saturated heterocycles. The summed E-state index contributed by atoms with van der Waals surface area (Å²) in [4.78, 5) is 14.1. The van der Waals surface area contributed by atoms with Crippen LogP contribution in [-0.2, 0) is 0 Å². The molecule has 0 aromatic carbocycles. The lowest BCUT2D eigenvalue weighted by Crippen LogP contribution is -2.05. The Bertz CT molecular complexity index is 592. The molecule has 2 aromatic heterocycles. The number of nitrogen functional groups attached to an aromatic ring is 1.